The Morgan fingerprint density at radius 1 is 1.50 bits per heavy atom. The van der Waals surface area contributed by atoms with Crippen LogP contribution in [0.1, 0.15) is 0 Å². The summed E-state index contributed by atoms with van der Waals surface area (Å²) in [6.45, 7) is 0. The summed E-state index contributed by atoms with van der Waals surface area (Å²) in [4.78, 5) is 12.5. The number of carbonyl (C=O) groups is 1. The molecule has 5 heteroatoms. The molecular formula is C9H11ClN2O2. The largest absolute Gasteiger partial charge is 0.414 e. The summed E-state index contributed by atoms with van der Waals surface area (Å²) in [6, 6.07) is 4.72. The second kappa shape index (κ2) is 4.19. The fraction of sp³-hybridized carbons (Fsp3) is 0.222. The van der Waals surface area contributed by atoms with E-state index in [1.807, 2.05) is 0 Å². The van der Waals surface area contributed by atoms with E-state index < -0.39 is 6.09 Å². The number of benzene rings is 1. The van der Waals surface area contributed by atoms with Gasteiger partial charge in [0.05, 0.1) is 5.02 Å². The second-order valence-electron chi connectivity index (χ2n) is 2.95. The van der Waals surface area contributed by atoms with Crippen molar-refractivity contribution in [2.75, 3.05) is 19.8 Å². The Bertz CT molecular complexity index is 353. The van der Waals surface area contributed by atoms with Crippen molar-refractivity contribution in [3.05, 3.63) is 23.2 Å². The first kappa shape index (κ1) is 10.7. The van der Waals surface area contributed by atoms with E-state index in [1.165, 1.54) is 11.0 Å². The molecule has 14 heavy (non-hydrogen) atoms. The smallest absolute Gasteiger partial charge is 0.409 e. The number of nitrogens with zero attached hydrogens (tertiary/aromatic N) is 1. The summed E-state index contributed by atoms with van der Waals surface area (Å²) >= 11 is 5.79. The highest BCUT2D eigenvalue weighted by molar-refractivity contribution is 6.32. The van der Waals surface area contributed by atoms with Crippen LogP contribution in [-0.2, 0) is 0 Å². The molecule has 1 amide bonds. The van der Waals surface area contributed by atoms with Crippen molar-refractivity contribution < 1.29 is 9.53 Å². The zero-order chi connectivity index (χ0) is 10.7. The molecule has 0 unspecified atom stereocenters. The molecule has 2 N–H and O–H groups in total. The normalized spacial score (nSPS) is 9.64. The minimum Gasteiger partial charge on any atom is -0.409 e. The highest BCUT2D eigenvalue weighted by Gasteiger charge is 2.09. The molecule has 0 saturated carbocycles. The average molecular weight is 215 g/mol. The third kappa shape index (κ3) is 2.53. The monoisotopic (exact) mass is 214 g/mol. The summed E-state index contributed by atoms with van der Waals surface area (Å²) in [5.41, 5.74) is 6.01. The molecule has 0 bridgehead atoms. The van der Waals surface area contributed by atoms with Crippen molar-refractivity contribution in [3.63, 3.8) is 0 Å². The van der Waals surface area contributed by atoms with Gasteiger partial charge in [0.1, 0.15) is 0 Å². The maximum absolute atomic E-state index is 11.2. The molecule has 1 rings (SSSR count). The molecule has 0 fully saturated rings. The van der Waals surface area contributed by atoms with E-state index in [2.05, 4.69) is 0 Å². The van der Waals surface area contributed by atoms with Crippen LogP contribution in [0.25, 0.3) is 0 Å². The number of rotatable bonds is 1. The molecule has 4 nitrogen and oxygen atoms in total. The SMILES string of the molecule is CN(C)C(=O)Oc1cc(N)ccc1Cl. The lowest BCUT2D eigenvalue weighted by Gasteiger charge is -2.11. The van der Waals surface area contributed by atoms with Gasteiger partial charge in [-0.15, -0.1) is 0 Å². The van der Waals surface area contributed by atoms with Crippen LogP contribution in [0.4, 0.5) is 10.5 Å². The number of ether oxygens (including phenoxy) is 1. The summed E-state index contributed by atoms with van der Waals surface area (Å²) < 4.78 is 4.96. The molecule has 0 aliphatic heterocycles. The van der Waals surface area contributed by atoms with E-state index in [1.54, 1.807) is 26.2 Å². The number of nitrogens with two attached hydrogens (primary N) is 1. The molecule has 0 spiro atoms. The molecule has 1 aromatic carbocycles. The Balaban J connectivity index is 2.86. The number of carbonyl (C=O) groups excluding carboxylic acids is 1. The Hall–Kier alpha value is -1.42. The van der Waals surface area contributed by atoms with Gasteiger partial charge in [0, 0.05) is 25.8 Å². The molecule has 0 aromatic heterocycles. The first-order chi connectivity index (χ1) is 6.50. The molecule has 0 heterocycles. The van der Waals surface area contributed by atoms with Gasteiger partial charge in [-0.1, -0.05) is 11.6 Å². The van der Waals surface area contributed by atoms with Crippen LogP contribution < -0.4 is 10.5 Å². The quantitative estimate of drug-likeness (QED) is 0.728. The lowest BCUT2D eigenvalue weighted by molar-refractivity contribution is 0.172. The van der Waals surface area contributed by atoms with Crippen molar-refractivity contribution in [1.82, 2.24) is 4.90 Å². The predicted octanol–water partition coefficient (Wildman–Crippen LogP) is 1.98. The van der Waals surface area contributed by atoms with Crippen molar-refractivity contribution >= 4 is 23.4 Å². The summed E-state index contributed by atoms with van der Waals surface area (Å²) in [5, 5.41) is 0.356. The van der Waals surface area contributed by atoms with Crippen LogP contribution in [0.2, 0.25) is 5.02 Å². The molecule has 0 radical (unpaired) electrons. The first-order valence-electron chi connectivity index (χ1n) is 3.95. The summed E-state index contributed by atoms with van der Waals surface area (Å²) in [7, 11) is 3.17. The highest BCUT2D eigenvalue weighted by Crippen LogP contribution is 2.26. The second-order valence-corrected chi connectivity index (χ2v) is 3.36. The van der Waals surface area contributed by atoms with Gasteiger partial charge in [-0.3, -0.25) is 0 Å². The standard InChI is InChI=1S/C9H11ClN2O2/c1-12(2)9(13)14-8-5-6(11)3-4-7(8)10/h3-5H,11H2,1-2H3. The third-order valence-corrected chi connectivity index (χ3v) is 1.83. The molecule has 0 aliphatic carbocycles. The van der Waals surface area contributed by atoms with E-state index >= 15 is 0 Å². The van der Waals surface area contributed by atoms with Crippen molar-refractivity contribution in [1.29, 1.82) is 0 Å². The number of hydrogen-bond acceptors (Lipinski definition) is 3. The van der Waals surface area contributed by atoms with Crippen LogP contribution in [0, 0.1) is 0 Å². The number of hydrogen-bond donors (Lipinski definition) is 1. The Kier molecular flexibility index (Phi) is 3.19. The van der Waals surface area contributed by atoms with Crippen molar-refractivity contribution in [3.8, 4) is 5.75 Å². The number of anilines is 1. The molecule has 76 valence electrons. The fourth-order valence-electron chi connectivity index (χ4n) is 0.784. The van der Waals surface area contributed by atoms with Crippen LogP contribution in [-0.4, -0.2) is 25.1 Å². The molecular weight excluding hydrogens is 204 g/mol. The van der Waals surface area contributed by atoms with E-state index in [-0.39, 0.29) is 5.75 Å². The zero-order valence-corrected chi connectivity index (χ0v) is 8.71. The maximum Gasteiger partial charge on any atom is 0.414 e. The fourth-order valence-corrected chi connectivity index (χ4v) is 0.940. The van der Waals surface area contributed by atoms with E-state index in [0.717, 1.165) is 0 Å². The van der Waals surface area contributed by atoms with Crippen LogP contribution in [0.3, 0.4) is 0 Å². The third-order valence-electron chi connectivity index (χ3n) is 1.52. The van der Waals surface area contributed by atoms with E-state index in [0.29, 0.717) is 10.7 Å². The maximum atomic E-state index is 11.2. The molecule has 0 atom stereocenters. The van der Waals surface area contributed by atoms with Gasteiger partial charge >= 0.3 is 6.09 Å². The topological polar surface area (TPSA) is 55.6 Å². The minimum absolute atomic E-state index is 0.269. The van der Waals surface area contributed by atoms with Crippen molar-refractivity contribution in [2.24, 2.45) is 0 Å². The van der Waals surface area contributed by atoms with Gasteiger partial charge in [-0.05, 0) is 12.1 Å². The van der Waals surface area contributed by atoms with Crippen LogP contribution >= 0.6 is 11.6 Å². The Morgan fingerprint density at radius 2 is 2.14 bits per heavy atom. The van der Waals surface area contributed by atoms with Gasteiger partial charge < -0.3 is 15.4 Å². The van der Waals surface area contributed by atoms with E-state index in [4.69, 9.17) is 22.1 Å². The van der Waals surface area contributed by atoms with E-state index in [9.17, 15) is 4.79 Å². The average Bonchev–Trinajstić information content (AvgIpc) is 2.11. The van der Waals surface area contributed by atoms with Gasteiger partial charge in [-0.2, -0.15) is 0 Å². The van der Waals surface area contributed by atoms with Gasteiger partial charge in [-0.25, -0.2) is 4.79 Å². The highest BCUT2D eigenvalue weighted by atomic mass is 35.5. The van der Waals surface area contributed by atoms with Crippen LogP contribution in [0.5, 0.6) is 5.75 Å². The first-order valence-corrected chi connectivity index (χ1v) is 4.32. The summed E-state index contributed by atoms with van der Waals surface area (Å²) in [5.74, 6) is 0.269. The number of halogens is 1. The Morgan fingerprint density at radius 3 is 2.71 bits per heavy atom. The molecule has 0 saturated heterocycles. The molecule has 1 aromatic rings. The lowest BCUT2D eigenvalue weighted by atomic mass is 10.3. The number of amides is 1. The van der Waals surface area contributed by atoms with Gasteiger partial charge in [0.15, 0.2) is 5.75 Å². The minimum atomic E-state index is -0.488. The predicted molar refractivity (Wildman–Crippen MR) is 55.6 cm³/mol. The Labute approximate surface area is 87.2 Å². The van der Waals surface area contributed by atoms with Crippen molar-refractivity contribution in [2.45, 2.75) is 0 Å². The van der Waals surface area contributed by atoms with Gasteiger partial charge in [0.25, 0.3) is 0 Å². The van der Waals surface area contributed by atoms with Crippen LogP contribution in [0.15, 0.2) is 18.2 Å². The number of nitrogen functional groups attached to an aromatic ring is 1. The zero-order valence-electron chi connectivity index (χ0n) is 7.95. The lowest BCUT2D eigenvalue weighted by Crippen LogP contribution is -2.25. The van der Waals surface area contributed by atoms with Gasteiger partial charge in [0.2, 0.25) is 0 Å². The summed E-state index contributed by atoms with van der Waals surface area (Å²) in [6.07, 6.45) is -0.488. The molecule has 0 aliphatic rings.